The van der Waals surface area contributed by atoms with Crippen LogP contribution in [0.1, 0.15) is 27.3 Å². The Hall–Kier alpha value is -2.80. The van der Waals surface area contributed by atoms with Crippen molar-refractivity contribution in [3.63, 3.8) is 0 Å². The summed E-state index contributed by atoms with van der Waals surface area (Å²) in [7, 11) is 0. The maximum absolute atomic E-state index is 11.9. The zero-order valence-electron chi connectivity index (χ0n) is 13.4. The van der Waals surface area contributed by atoms with E-state index in [4.69, 9.17) is 16.0 Å². The van der Waals surface area contributed by atoms with E-state index in [0.29, 0.717) is 10.6 Å². The van der Waals surface area contributed by atoms with E-state index < -0.39 is 0 Å². The number of halogens is 1. The molecule has 1 heterocycles. The fraction of sp³-hybridized carbons (Fsp3) is 0.235. The number of benzene rings is 1. The van der Waals surface area contributed by atoms with Crippen molar-refractivity contribution in [3.8, 4) is 0 Å². The number of carbonyl (C=O) groups excluding carboxylic acids is 3. The molecule has 25 heavy (non-hydrogen) atoms. The fourth-order valence-electron chi connectivity index (χ4n) is 1.99. The van der Waals surface area contributed by atoms with Gasteiger partial charge in [0, 0.05) is 26.1 Å². The van der Waals surface area contributed by atoms with E-state index in [1.165, 1.54) is 12.3 Å². The summed E-state index contributed by atoms with van der Waals surface area (Å²) in [5.74, 6) is -0.704. The van der Waals surface area contributed by atoms with Crippen molar-refractivity contribution in [3.05, 3.63) is 59.0 Å². The molecule has 0 aliphatic carbocycles. The molecule has 2 aromatic rings. The maximum atomic E-state index is 11.9. The molecule has 132 valence electrons. The molecule has 0 radical (unpaired) electrons. The SMILES string of the molecule is O=C(CCNC(=O)c1ccco1)NCCNC(=O)c1ccccc1Cl. The molecular weight excluding hydrogens is 346 g/mol. The quantitative estimate of drug-likeness (QED) is 0.620. The molecule has 0 aliphatic rings. The van der Waals surface area contributed by atoms with Gasteiger partial charge in [0.2, 0.25) is 5.91 Å². The summed E-state index contributed by atoms with van der Waals surface area (Å²) in [6, 6.07) is 9.87. The number of carbonyl (C=O) groups is 3. The molecule has 2 rings (SSSR count). The lowest BCUT2D eigenvalue weighted by molar-refractivity contribution is -0.120. The first-order valence-electron chi connectivity index (χ1n) is 7.69. The molecule has 0 saturated heterocycles. The minimum atomic E-state index is -0.371. The van der Waals surface area contributed by atoms with Gasteiger partial charge in [0.1, 0.15) is 0 Å². The van der Waals surface area contributed by atoms with Crippen LogP contribution in [0.4, 0.5) is 0 Å². The first kappa shape index (κ1) is 18.5. The van der Waals surface area contributed by atoms with Crippen molar-refractivity contribution in [2.24, 2.45) is 0 Å². The first-order valence-corrected chi connectivity index (χ1v) is 8.07. The van der Waals surface area contributed by atoms with Gasteiger partial charge in [-0.1, -0.05) is 23.7 Å². The number of amides is 3. The highest BCUT2D eigenvalue weighted by molar-refractivity contribution is 6.33. The van der Waals surface area contributed by atoms with Crippen molar-refractivity contribution in [1.29, 1.82) is 0 Å². The number of nitrogens with one attached hydrogen (secondary N) is 3. The van der Waals surface area contributed by atoms with Gasteiger partial charge < -0.3 is 20.4 Å². The standard InChI is InChI=1S/C17H18ClN3O4/c18-13-5-2-1-4-12(13)16(23)21-10-9-19-15(22)7-8-20-17(24)14-6-3-11-25-14/h1-6,11H,7-10H2,(H,19,22)(H,20,24)(H,21,23). The van der Waals surface area contributed by atoms with Crippen LogP contribution in [0.5, 0.6) is 0 Å². The number of hydrogen-bond donors (Lipinski definition) is 3. The van der Waals surface area contributed by atoms with Gasteiger partial charge in [-0.15, -0.1) is 0 Å². The molecule has 0 bridgehead atoms. The van der Waals surface area contributed by atoms with Crippen molar-refractivity contribution in [2.45, 2.75) is 6.42 Å². The van der Waals surface area contributed by atoms with E-state index in [1.54, 1.807) is 30.3 Å². The van der Waals surface area contributed by atoms with E-state index in [-0.39, 0.29) is 49.5 Å². The summed E-state index contributed by atoms with van der Waals surface area (Å²) >= 11 is 5.93. The van der Waals surface area contributed by atoms with Crippen molar-refractivity contribution in [1.82, 2.24) is 16.0 Å². The molecule has 0 aliphatic heterocycles. The third kappa shape index (κ3) is 5.96. The molecule has 0 spiro atoms. The summed E-state index contributed by atoms with van der Waals surface area (Å²) in [4.78, 5) is 35.2. The molecule has 1 aromatic carbocycles. The minimum Gasteiger partial charge on any atom is -0.459 e. The average molecular weight is 364 g/mol. The second-order valence-corrected chi connectivity index (χ2v) is 5.48. The Morgan fingerprint density at radius 1 is 0.880 bits per heavy atom. The lowest BCUT2D eigenvalue weighted by Gasteiger charge is -2.08. The molecule has 0 fully saturated rings. The largest absolute Gasteiger partial charge is 0.459 e. The van der Waals surface area contributed by atoms with Crippen LogP contribution >= 0.6 is 11.6 Å². The highest BCUT2D eigenvalue weighted by Crippen LogP contribution is 2.14. The smallest absolute Gasteiger partial charge is 0.286 e. The van der Waals surface area contributed by atoms with Crippen molar-refractivity contribution in [2.75, 3.05) is 19.6 Å². The van der Waals surface area contributed by atoms with Gasteiger partial charge >= 0.3 is 0 Å². The Kier molecular flexibility index (Phi) is 7.03. The Bertz CT molecular complexity index is 731. The topological polar surface area (TPSA) is 100 Å². The first-order chi connectivity index (χ1) is 12.1. The Balaban J connectivity index is 1.58. The zero-order valence-corrected chi connectivity index (χ0v) is 14.1. The summed E-state index contributed by atoms with van der Waals surface area (Å²) < 4.78 is 4.94. The van der Waals surface area contributed by atoms with Crippen LogP contribution in [0.15, 0.2) is 47.1 Å². The van der Waals surface area contributed by atoms with Crippen LogP contribution in [0, 0.1) is 0 Å². The van der Waals surface area contributed by atoms with Gasteiger partial charge in [-0.05, 0) is 24.3 Å². The molecular formula is C17H18ClN3O4. The lowest BCUT2D eigenvalue weighted by atomic mass is 10.2. The zero-order chi connectivity index (χ0) is 18.1. The molecule has 0 atom stereocenters. The molecule has 1 aromatic heterocycles. The van der Waals surface area contributed by atoms with Crippen molar-refractivity contribution >= 4 is 29.3 Å². The lowest BCUT2D eigenvalue weighted by Crippen LogP contribution is -2.36. The molecule has 3 amide bonds. The monoisotopic (exact) mass is 363 g/mol. The van der Waals surface area contributed by atoms with E-state index in [0.717, 1.165) is 0 Å². The predicted octanol–water partition coefficient (Wildman–Crippen LogP) is 1.60. The van der Waals surface area contributed by atoms with Gasteiger partial charge in [-0.3, -0.25) is 14.4 Å². The Labute approximate surface area is 149 Å². The molecule has 0 unspecified atom stereocenters. The second-order valence-electron chi connectivity index (χ2n) is 5.07. The predicted molar refractivity (Wildman–Crippen MR) is 92.5 cm³/mol. The molecule has 8 heteroatoms. The summed E-state index contributed by atoms with van der Waals surface area (Å²) in [5.41, 5.74) is 0.385. The van der Waals surface area contributed by atoms with Gasteiger partial charge in [0.15, 0.2) is 5.76 Å². The third-order valence-corrected chi connectivity index (χ3v) is 3.56. The molecule has 3 N–H and O–H groups in total. The normalized spacial score (nSPS) is 10.1. The van der Waals surface area contributed by atoms with Crippen LogP contribution in [-0.4, -0.2) is 37.4 Å². The van der Waals surface area contributed by atoms with Gasteiger partial charge in [0.05, 0.1) is 16.8 Å². The Morgan fingerprint density at radius 2 is 1.60 bits per heavy atom. The van der Waals surface area contributed by atoms with E-state index >= 15 is 0 Å². The second kappa shape index (κ2) is 9.48. The summed E-state index contributed by atoms with van der Waals surface area (Å²) in [5, 5.41) is 8.27. The minimum absolute atomic E-state index is 0.130. The average Bonchev–Trinajstić information content (AvgIpc) is 3.13. The highest BCUT2D eigenvalue weighted by atomic mass is 35.5. The van der Waals surface area contributed by atoms with E-state index in [1.807, 2.05) is 0 Å². The van der Waals surface area contributed by atoms with Gasteiger partial charge in [0.25, 0.3) is 11.8 Å². The third-order valence-electron chi connectivity index (χ3n) is 3.23. The number of hydrogen-bond acceptors (Lipinski definition) is 4. The molecule has 0 saturated carbocycles. The van der Waals surface area contributed by atoms with Crippen LogP contribution in [-0.2, 0) is 4.79 Å². The highest BCUT2D eigenvalue weighted by Gasteiger charge is 2.10. The van der Waals surface area contributed by atoms with Gasteiger partial charge in [-0.25, -0.2) is 0 Å². The number of furan rings is 1. The summed E-state index contributed by atoms with van der Waals surface area (Å²) in [6.07, 6.45) is 1.53. The summed E-state index contributed by atoms with van der Waals surface area (Å²) in [6.45, 7) is 0.743. The van der Waals surface area contributed by atoms with Crippen LogP contribution in [0.25, 0.3) is 0 Å². The van der Waals surface area contributed by atoms with Crippen molar-refractivity contribution < 1.29 is 18.8 Å². The van der Waals surface area contributed by atoms with E-state index in [9.17, 15) is 14.4 Å². The Morgan fingerprint density at radius 3 is 2.32 bits per heavy atom. The fourth-order valence-corrected chi connectivity index (χ4v) is 2.21. The van der Waals surface area contributed by atoms with Crippen LogP contribution in [0.3, 0.4) is 0 Å². The number of rotatable bonds is 8. The molecule has 7 nitrogen and oxygen atoms in total. The maximum Gasteiger partial charge on any atom is 0.286 e. The van der Waals surface area contributed by atoms with E-state index in [2.05, 4.69) is 16.0 Å². The van der Waals surface area contributed by atoms with Crippen LogP contribution in [0.2, 0.25) is 5.02 Å². The van der Waals surface area contributed by atoms with Gasteiger partial charge in [-0.2, -0.15) is 0 Å². The van der Waals surface area contributed by atoms with Crippen LogP contribution < -0.4 is 16.0 Å².